The van der Waals surface area contributed by atoms with Crippen molar-refractivity contribution in [2.75, 3.05) is 7.11 Å². The Bertz CT molecular complexity index is 450. The molecule has 0 aliphatic carbocycles. The summed E-state index contributed by atoms with van der Waals surface area (Å²) in [6.45, 7) is 1.82. The Morgan fingerprint density at radius 3 is 2.38 bits per heavy atom. The van der Waals surface area contributed by atoms with E-state index in [4.69, 9.17) is 9.47 Å². The number of rotatable bonds is 2. The summed E-state index contributed by atoms with van der Waals surface area (Å²) in [5.41, 5.74) is 1.56. The quantitative estimate of drug-likeness (QED) is 0.783. The molecule has 1 aliphatic rings. The van der Waals surface area contributed by atoms with Gasteiger partial charge in [0.2, 0.25) is 0 Å². The number of benzene rings is 1. The first-order valence-electron chi connectivity index (χ1n) is 4.81. The van der Waals surface area contributed by atoms with Crippen LogP contribution in [0.2, 0.25) is 0 Å². The lowest BCUT2D eigenvalue weighted by Crippen LogP contribution is -2.30. The molecular weight excluding hydrogens is 272 g/mol. The number of carbonyl (C=O) groups is 1. The second kappa shape index (κ2) is 4.03. The Hall–Kier alpha value is -1.13. The van der Waals surface area contributed by atoms with Gasteiger partial charge >= 0.3 is 5.97 Å². The van der Waals surface area contributed by atoms with E-state index in [1.165, 1.54) is 13.2 Å². The highest BCUT2D eigenvalue weighted by molar-refractivity contribution is 9.10. The van der Waals surface area contributed by atoms with Gasteiger partial charge in [0.15, 0.2) is 0 Å². The highest BCUT2D eigenvalue weighted by Crippen LogP contribution is 2.38. The maximum atomic E-state index is 11.3. The molecule has 0 fully saturated rings. The number of hydrogen-bond donors (Lipinski definition) is 0. The molecule has 1 unspecified atom stereocenters. The maximum absolute atomic E-state index is 11.3. The summed E-state index contributed by atoms with van der Waals surface area (Å²) in [4.78, 5) is 11.3. The molecule has 0 N–H and O–H groups in total. The Labute approximate surface area is 102 Å². The fraction of sp³-hybridized carbons (Fsp3) is 0.250. The molecule has 0 amide bonds. The predicted molar refractivity (Wildman–Crippen MR) is 62.7 cm³/mol. The number of ether oxygens (including phenoxy) is 2. The first kappa shape index (κ1) is 11.4. The molecule has 1 aliphatic heterocycles. The van der Waals surface area contributed by atoms with Crippen LogP contribution in [0.25, 0.3) is 0 Å². The number of esters is 1. The fourth-order valence-corrected chi connectivity index (χ4v) is 2.06. The number of carbonyl (C=O) groups excluding carboxylic acids is 1. The van der Waals surface area contributed by atoms with E-state index in [9.17, 15) is 4.79 Å². The van der Waals surface area contributed by atoms with Gasteiger partial charge in [0.1, 0.15) is 0 Å². The van der Waals surface area contributed by atoms with Crippen LogP contribution in [-0.4, -0.2) is 13.1 Å². The van der Waals surface area contributed by atoms with Crippen LogP contribution in [0.15, 0.2) is 40.4 Å². The topological polar surface area (TPSA) is 35.5 Å². The van der Waals surface area contributed by atoms with Gasteiger partial charge in [-0.1, -0.05) is 28.1 Å². The summed E-state index contributed by atoms with van der Waals surface area (Å²) in [5, 5.41) is 0. The van der Waals surface area contributed by atoms with Gasteiger partial charge in [0.25, 0.3) is 5.79 Å². The van der Waals surface area contributed by atoms with E-state index in [0.29, 0.717) is 0 Å². The number of methoxy groups -OCH3 is 1. The average molecular weight is 283 g/mol. The number of cyclic esters (lactones) is 1. The van der Waals surface area contributed by atoms with Gasteiger partial charge < -0.3 is 9.47 Å². The molecule has 3 nitrogen and oxygen atoms in total. The van der Waals surface area contributed by atoms with Crippen molar-refractivity contribution in [1.29, 1.82) is 0 Å². The van der Waals surface area contributed by atoms with Crippen molar-refractivity contribution >= 4 is 21.9 Å². The lowest BCUT2D eigenvalue weighted by Gasteiger charge is -2.28. The summed E-state index contributed by atoms with van der Waals surface area (Å²) in [7, 11) is 1.53. The molecule has 2 rings (SSSR count). The fourth-order valence-electron chi connectivity index (χ4n) is 1.80. The molecule has 16 heavy (non-hydrogen) atoms. The molecule has 84 valence electrons. The maximum Gasteiger partial charge on any atom is 0.333 e. The molecule has 0 saturated carbocycles. The van der Waals surface area contributed by atoms with Gasteiger partial charge in [-0.15, -0.1) is 0 Å². The van der Waals surface area contributed by atoms with Crippen molar-refractivity contribution in [1.82, 2.24) is 0 Å². The van der Waals surface area contributed by atoms with Gasteiger partial charge in [-0.2, -0.15) is 0 Å². The van der Waals surface area contributed by atoms with Crippen molar-refractivity contribution in [2.45, 2.75) is 12.7 Å². The number of hydrogen-bond acceptors (Lipinski definition) is 3. The average Bonchev–Trinajstić information content (AvgIpc) is 2.55. The zero-order valence-corrected chi connectivity index (χ0v) is 10.6. The van der Waals surface area contributed by atoms with Crippen molar-refractivity contribution < 1.29 is 14.3 Å². The van der Waals surface area contributed by atoms with E-state index in [0.717, 1.165) is 15.6 Å². The summed E-state index contributed by atoms with van der Waals surface area (Å²) in [6.07, 6.45) is 1.45. The van der Waals surface area contributed by atoms with Crippen LogP contribution in [-0.2, 0) is 20.1 Å². The first-order chi connectivity index (χ1) is 7.58. The third-order valence-corrected chi connectivity index (χ3v) is 3.14. The Kier molecular flexibility index (Phi) is 2.86. The SMILES string of the molecule is COC1(c2ccc(Br)cc2)OC(=O)C=C1C. The normalized spacial score (nSPS) is 24.2. The molecule has 1 atom stereocenters. The van der Waals surface area contributed by atoms with E-state index in [2.05, 4.69) is 15.9 Å². The van der Waals surface area contributed by atoms with Crippen LogP contribution >= 0.6 is 15.9 Å². The van der Waals surface area contributed by atoms with Crippen LogP contribution in [0.4, 0.5) is 0 Å². The van der Waals surface area contributed by atoms with Gasteiger partial charge in [-0.05, 0) is 19.1 Å². The van der Waals surface area contributed by atoms with E-state index in [-0.39, 0.29) is 5.97 Å². The Morgan fingerprint density at radius 1 is 1.31 bits per heavy atom. The summed E-state index contributed by atoms with van der Waals surface area (Å²) in [6, 6.07) is 7.50. The lowest BCUT2D eigenvalue weighted by molar-refractivity contribution is -0.197. The molecule has 0 bridgehead atoms. The van der Waals surface area contributed by atoms with Gasteiger partial charge in [-0.25, -0.2) is 4.79 Å². The largest absolute Gasteiger partial charge is 0.421 e. The molecule has 1 heterocycles. The summed E-state index contributed by atoms with van der Waals surface area (Å²) < 4.78 is 11.6. The van der Waals surface area contributed by atoms with Crippen LogP contribution in [0.3, 0.4) is 0 Å². The molecule has 1 aromatic rings. The molecule has 4 heteroatoms. The highest BCUT2D eigenvalue weighted by Gasteiger charge is 2.43. The minimum Gasteiger partial charge on any atom is -0.421 e. The Balaban J connectivity index is 2.47. The molecule has 0 radical (unpaired) electrons. The van der Waals surface area contributed by atoms with Crippen molar-refractivity contribution in [3.05, 3.63) is 46.0 Å². The number of halogens is 1. The minimum atomic E-state index is -1.06. The molecule has 1 aromatic carbocycles. The monoisotopic (exact) mass is 282 g/mol. The predicted octanol–water partition coefficient (Wildman–Crippen LogP) is 2.75. The standard InChI is InChI=1S/C12H11BrO3/c1-8-7-11(14)16-12(8,15-2)9-3-5-10(13)6-4-9/h3-7H,1-2H3. The lowest BCUT2D eigenvalue weighted by atomic mass is 9.99. The Morgan fingerprint density at radius 2 is 1.94 bits per heavy atom. The zero-order chi connectivity index (χ0) is 11.8. The van der Waals surface area contributed by atoms with Crippen molar-refractivity contribution in [2.24, 2.45) is 0 Å². The second-order valence-electron chi connectivity index (χ2n) is 3.58. The second-order valence-corrected chi connectivity index (χ2v) is 4.49. The van der Waals surface area contributed by atoms with Gasteiger partial charge in [0.05, 0.1) is 0 Å². The smallest absolute Gasteiger partial charge is 0.333 e. The zero-order valence-electron chi connectivity index (χ0n) is 8.99. The van der Waals surface area contributed by atoms with Crippen LogP contribution in [0, 0.1) is 0 Å². The first-order valence-corrected chi connectivity index (χ1v) is 5.61. The third-order valence-electron chi connectivity index (χ3n) is 2.61. The molecule has 0 aromatic heterocycles. The van der Waals surface area contributed by atoms with Crippen molar-refractivity contribution in [3.63, 3.8) is 0 Å². The third kappa shape index (κ3) is 1.68. The van der Waals surface area contributed by atoms with Gasteiger partial charge in [-0.3, -0.25) is 0 Å². The van der Waals surface area contributed by atoms with Gasteiger partial charge in [0, 0.05) is 28.8 Å². The minimum absolute atomic E-state index is 0.373. The van der Waals surface area contributed by atoms with Crippen molar-refractivity contribution in [3.8, 4) is 0 Å². The van der Waals surface area contributed by atoms with E-state index in [1.807, 2.05) is 31.2 Å². The van der Waals surface area contributed by atoms with Crippen LogP contribution < -0.4 is 0 Å². The molecular formula is C12H11BrO3. The van der Waals surface area contributed by atoms with Crippen LogP contribution in [0.5, 0.6) is 0 Å². The van der Waals surface area contributed by atoms with E-state index >= 15 is 0 Å². The van der Waals surface area contributed by atoms with Crippen LogP contribution in [0.1, 0.15) is 12.5 Å². The summed E-state index contributed by atoms with van der Waals surface area (Å²) in [5.74, 6) is -1.43. The molecule has 0 saturated heterocycles. The summed E-state index contributed by atoms with van der Waals surface area (Å²) >= 11 is 3.36. The molecule has 0 spiro atoms. The van der Waals surface area contributed by atoms with E-state index in [1.54, 1.807) is 0 Å². The van der Waals surface area contributed by atoms with E-state index < -0.39 is 5.79 Å². The highest BCUT2D eigenvalue weighted by atomic mass is 79.9.